The smallest absolute Gasteiger partial charge is 0.0242 e. The highest BCUT2D eigenvalue weighted by Crippen LogP contribution is 2.44. The largest absolute Gasteiger partial charge is 0.115 e. The Kier molecular flexibility index (Phi) is 9.69. The lowest BCUT2D eigenvalue weighted by Crippen LogP contribution is -2.23. The van der Waals surface area contributed by atoms with Crippen LogP contribution in [-0.2, 0) is 12.8 Å². The van der Waals surface area contributed by atoms with Gasteiger partial charge in [0, 0.05) is 11.5 Å². The van der Waals surface area contributed by atoms with Gasteiger partial charge in [-0.15, -0.1) is 6.42 Å². The fourth-order valence-corrected chi connectivity index (χ4v) is 7.22. The molecule has 0 amide bonds. The van der Waals surface area contributed by atoms with Gasteiger partial charge in [0.05, 0.1) is 0 Å². The first-order valence-electron chi connectivity index (χ1n) is 16.0. The van der Waals surface area contributed by atoms with Crippen molar-refractivity contribution in [2.75, 3.05) is 0 Å². The Hall–Kier alpha value is -3.56. The maximum atomic E-state index is 5.56. The van der Waals surface area contributed by atoms with E-state index in [1.54, 1.807) is 0 Å². The van der Waals surface area contributed by atoms with E-state index in [1.165, 1.54) is 65.5 Å². The molecule has 2 aliphatic rings. The lowest BCUT2D eigenvalue weighted by atomic mass is 9.69. The predicted molar refractivity (Wildman–Crippen MR) is 181 cm³/mol. The minimum absolute atomic E-state index is 0.337. The van der Waals surface area contributed by atoms with Gasteiger partial charge in [0.2, 0.25) is 0 Å². The molecule has 2 aliphatic carbocycles. The number of aryl methyl sites for hydroxylation is 1. The highest BCUT2D eigenvalue weighted by molar-refractivity contribution is 5.77. The number of allylic oxidation sites excluding steroid dienone is 5. The van der Waals surface area contributed by atoms with E-state index in [0.29, 0.717) is 23.2 Å². The molecule has 3 aromatic carbocycles. The third-order valence-corrected chi connectivity index (χ3v) is 9.39. The van der Waals surface area contributed by atoms with Gasteiger partial charge < -0.3 is 0 Å². The van der Waals surface area contributed by atoms with E-state index in [-0.39, 0.29) is 0 Å². The Labute approximate surface area is 255 Å². The molecular formula is C42H48. The van der Waals surface area contributed by atoms with Crippen LogP contribution in [0.5, 0.6) is 0 Å². The van der Waals surface area contributed by atoms with Gasteiger partial charge in [0.25, 0.3) is 0 Å². The average Bonchev–Trinajstić information content (AvgIpc) is 3.45. The average molecular weight is 553 g/mol. The van der Waals surface area contributed by atoms with Crippen molar-refractivity contribution in [2.45, 2.75) is 78.1 Å². The monoisotopic (exact) mass is 552 g/mol. The molecule has 0 heteroatoms. The Bertz CT molecular complexity index is 1410. The summed E-state index contributed by atoms with van der Waals surface area (Å²) in [7, 11) is 0. The normalized spacial score (nSPS) is 21.0. The first-order valence-corrected chi connectivity index (χ1v) is 16.0. The van der Waals surface area contributed by atoms with Crippen LogP contribution in [0.2, 0.25) is 0 Å². The van der Waals surface area contributed by atoms with Crippen LogP contribution >= 0.6 is 0 Å². The van der Waals surface area contributed by atoms with E-state index in [9.17, 15) is 0 Å². The predicted octanol–water partition coefficient (Wildman–Crippen LogP) is 11.0. The molecule has 2 unspecified atom stereocenters. The van der Waals surface area contributed by atoms with Crippen molar-refractivity contribution < 1.29 is 0 Å². The standard InChI is InChI=1S/C42H48/c1-6-32-14-16-34(17-15-32)28-35-18-21-38(22-19-35)41(31(2)12-13-33-10-8-7-9-11-33)39-26-24-37(25-27-39)40-23-20-36(29-40)30-42(3,4)5/h1,7-11,14-17,20,23-27,29,35-36,38,41H,2,12-13,18-19,21-22,28,30H2,3-5H3. The van der Waals surface area contributed by atoms with E-state index in [1.807, 2.05) is 0 Å². The molecule has 5 rings (SSSR count). The molecule has 1 saturated carbocycles. The number of hydrogen-bond donors (Lipinski definition) is 0. The fourth-order valence-electron chi connectivity index (χ4n) is 7.22. The molecule has 1 fully saturated rings. The molecule has 0 aromatic heterocycles. The lowest BCUT2D eigenvalue weighted by Gasteiger charge is -2.35. The maximum absolute atomic E-state index is 5.56. The van der Waals surface area contributed by atoms with Crippen LogP contribution in [0.1, 0.15) is 93.0 Å². The molecule has 0 bridgehead atoms. The highest BCUT2D eigenvalue weighted by atomic mass is 14.3. The van der Waals surface area contributed by atoms with Crippen LogP contribution in [0.15, 0.2) is 109 Å². The van der Waals surface area contributed by atoms with E-state index in [0.717, 1.165) is 30.7 Å². The third-order valence-electron chi connectivity index (χ3n) is 9.39. The van der Waals surface area contributed by atoms with Crippen LogP contribution in [-0.4, -0.2) is 0 Å². The summed E-state index contributed by atoms with van der Waals surface area (Å²) in [6.07, 6.45) is 22.3. The van der Waals surface area contributed by atoms with Gasteiger partial charge in [-0.2, -0.15) is 0 Å². The molecule has 42 heavy (non-hydrogen) atoms. The quantitative estimate of drug-likeness (QED) is 0.173. The Morgan fingerprint density at radius 1 is 0.881 bits per heavy atom. The van der Waals surface area contributed by atoms with Crippen molar-refractivity contribution in [1.29, 1.82) is 0 Å². The molecule has 3 aromatic rings. The summed E-state index contributed by atoms with van der Waals surface area (Å²) in [5, 5.41) is 0. The van der Waals surface area contributed by atoms with Gasteiger partial charge in [-0.1, -0.05) is 124 Å². The molecular weight excluding hydrogens is 504 g/mol. The maximum Gasteiger partial charge on any atom is 0.0242 e. The zero-order chi connectivity index (χ0) is 29.5. The number of rotatable bonds is 10. The highest BCUT2D eigenvalue weighted by Gasteiger charge is 2.30. The Morgan fingerprint density at radius 2 is 1.57 bits per heavy atom. The minimum atomic E-state index is 0.337. The van der Waals surface area contributed by atoms with E-state index in [2.05, 4.69) is 124 Å². The van der Waals surface area contributed by atoms with Crippen LogP contribution in [0.25, 0.3) is 5.57 Å². The van der Waals surface area contributed by atoms with Crippen molar-refractivity contribution in [1.82, 2.24) is 0 Å². The van der Waals surface area contributed by atoms with Gasteiger partial charge in [0.1, 0.15) is 0 Å². The van der Waals surface area contributed by atoms with E-state index < -0.39 is 0 Å². The van der Waals surface area contributed by atoms with Crippen molar-refractivity contribution in [2.24, 2.45) is 23.2 Å². The summed E-state index contributed by atoms with van der Waals surface area (Å²) in [5.41, 5.74) is 9.66. The van der Waals surface area contributed by atoms with Gasteiger partial charge >= 0.3 is 0 Å². The number of benzene rings is 3. The van der Waals surface area contributed by atoms with Gasteiger partial charge in [0.15, 0.2) is 0 Å². The summed E-state index contributed by atoms with van der Waals surface area (Å²) >= 11 is 0. The second kappa shape index (κ2) is 13.6. The van der Waals surface area contributed by atoms with Crippen LogP contribution in [0, 0.1) is 35.5 Å². The third kappa shape index (κ3) is 8.04. The second-order valence-electron chi connectivity index (χ2n) is 14.0. The number of hydrogen-bond acceptors (Lipinski definition) is 0. The molecule has 0 heterocycles. The molecule has 0 aliphatic heterocycles. The van der Waals surface area contributed by atoms with Crippen LogP contribution in [0.4, 0.5) is 0 Å². The van der Waals surface area contributed by atoms with E-state index >= 15 is 0 Å². The first-order chi connectivity index (χ1) is 20.3. The topological polar surface area (TPSA) is 0 Å². The molecule has 0 N–H and O–H groups in total. The van der Waals surface area contributed by atoms with Gasteiger partial charge in [-0.3, -0.25) is 0 Å². The van der Waals surface area contributed by atoms with E-state index in [4.69, 9.17) is 13.0 Å². The summed E-state index contributed by atoms with van der Waals surface area (Å²) in [5.74, 6) is 5.10. The minimum Gasteiger partial charge on any atom is -0.115 e. The molecule has 0 spiro atoms. The molecule has 216 valence electrons. The molecule has 0 radical (unpaired) electrons. The molecule has 0 saturated heterocycles. The van der Waals surface area contributed by atoms with Crippen LogP contribution < -0.4 is 0 Å². The van der Waals surface area contributed by atoms with Gasteiger partial charge in [-0.25, -0.2) is 0 Å². The Balaban J connectivity index is 1.28. The summed E-state index contributed by atoms with van der Waals surface area (Å²) in [6.45, 7) is 11.7. The molecule has 0 nitrogen and oxygen atoms in total. The lowest BCUT2D eigenvalue weighted by molar-refractivity contribution is 0.252. The van der Waals surface area contributed by atoms with Crippen molar-refractivity contribution in [3.8, 4) is 12.3 Å². The SMILES string of the molecule is C#Cc1ccc(CC2CCC(C(C(=C)CCc3ccccc3)c3ccc(C4=CC(CC(C)(C)C)C=C4)cc3)CC2)cc1. The Morgan fingerprint density at radius 3 is 2.21 bits per heavy atom. The zero-order valence-electron chi connectivity index (χ0n) is 26.0. The van der Waals surface area contributed by atoms with Gasteiger partial charge in [-0.05, 0) is 114 Å². The second-order valence-corrected chi connectivity index (χ2v) is 14.0. The fraction of sp³-hybridized carbons (Fsp3) is 0.381. The summed E-state index contributed by atoms with van der Waals surface area (Å²) < 4.78 is 0. The van der Waals surface area contributed by atoms with Crippen molar-refractivity contribution in [3.05, 3.63) is 137 Å². The summed E-state index contributed by atoms with van der Waals surface area (Å²) in [4.78, 5) is 0. The summed E-state index contributed by atoms with van der Waals surface area (Å²) in [6, 6.07) is 29.0. The zero-order valence-corrected chi connectivity index (χ0v) is 26.0. The molecule has 2 atom stereocenters. The van der Waals surface area contributed by atoms with Crippen LogP contribution in [0.3, 0.4) is 0 Å². The van der Waals surface area contributed by atoms with Crippen molar-refractivity contribution in [3.63, 3.8) is 0 Å². The van der Waals surface area contributed by atoms with Crippen molar-refractivity contribution >= 4 is 5.57 Å². The first kappa shape index (κ1) is 29.9. The number of terminal acetylenes is 1.